The molecular weight excluding hydrogens is 304 g/mol. The summed E-state index contributed by atoms with van der Waals surface area (Å²) in [5.41, 5.74) is 1.06. The molecule has 1 aromatic heterocycles. The largest absolute Gasteiger partial charge is 0.497 e. The first-order valence-electron chi connectivity index (χ1n) is 6.67. The van der Waals surface area contributed by atoms with Gasteiger partial charge in [0, 0.05) is 5.38 Å². The van der Waals surface area contributed by atoms with Crippen LogP contribution in [0.3, 0.4) is 0 Å². The standard InChI is InChI=1S/C15H16N2O4S/c1-3-21-14(19)12-9-22-15(16-12)17-13(18)8-10-4-6-11(20-2)7-5-10/h4-7,9H,3,8H2,1-2H3,(H,16,17,18). The van der Waals surface area contributed by atoms with Crippen molar-refractivity contribution < 1.29 is 19.1 Å². The van der Waals surface area contributed by atoms with Crippen molar-refractivity contribution in [2.75, 3.05) is 19.0 Å². The number of hydrogen-bond donors (Lipinski definition) is 1. The Balaban J connectivity index is 1.92. The molecule has 0 saturated carbocycles. The van der Waals surface area contributed by atoms with Gasteiger partial charge in [0.2, 0.25) is 5.91 Å². The van der Waals surface area contributed by atoms with Crippen LogP contribution in [0.25, 0.3) is 0 Å². The van der Waals surface area contributed by atoms with Gasteiger partial charge in [0.15, 0.2) is 10.8 Å². The van der Waals surface area contributed by atoms with E-state index >= 15 is 0 Å². The Hall–Kier alpha value is -2.41. The Morgan fingerprint density at radius 3 is 2.64 bits per heavy atom. The molecule has 0 unspecified atom stereocenters. The number of esters is 1. The van der Waals surface area contributed by atoms with Gasteiger partial charge in [-0.3, -0.25) is 4.79 Å². The number of rotatable bonds is 6. The predicted octanol–water partition coefficient (Wildman–Crippen LogP) is 2.51. The van der Waals surface area contributed by atoms with Gasteiger partial charge in [-0.1, -0.05) is 12.1 Å². The molecule has 0 atom stereocenters. The van der Waals surface area contributed by atoms with Crippen molar-refractivity contribution in [1.29, 1.82) is 0 Å². The lowest BCUT2D eigenvalue weighted by molar-refractivity contribution is -0.115. The van der Waals surface area contributed by atoms with Crippen LogP contribution in [0.5, 0.6) is 5.75 Å². The van der Waals surface area contributed by atoms with Crippen LogP contribution in [0.4, 0.5) is 5.13 Å². The lowest BCUT2D eigenvalue weighted by Crippen LogP contribution is -2.14. The van der Waals surface area contributed by atoms with Crippen LogP contribution in [-0.4, -0.2) is 30.6 Å². The molecule has 0 saturated heterocycles. The summed E-state index contributed by atoms with van der Waals surface area (Å²) in [6.45, 7) is 2.01. The Labute approximate surface area is 132 Å². The highest BCUT2D eigenvalue weighted by molar-refractivity contribution is 7.14. The summed E-state index contributed by atoms with van der Waals surface area (Å²) in [6.07, 6.45) is 0.221. The third kappa shape index (κ3) is 4.29. The number of anilines is 1. The lowest BCUT2D eigenvalue weighted by Gasteiger charge is -2.03. The molecule has 0 fully saturated rings. The minimum Gasteiger partial charge on any atom is -0.497 e. The number of amides is 1. The minimum absolute atomic E-state index is 0.199. The van der Waals surface area contributed by atoms with Gasteiger partial charge in [-0.2, -0.15) is 0 Å². The van der Waals surface area contributed by atoms with Gasteiger partial charge in [-0.15, -0.1) is 11.3 Å². The second-order valence-corrected chi connectivity index (χ2v) is 5.19. The molecule has 1 aromatic carbocycles. The first kappa shape index (κ1) is 16.0. The van der Waals surface area contributed by atoms with Crippen LogP contribution >= 0.6 is 11.3 Å². The molecule has 1 amide bonds. The van der Waals surface area contributed by atoms with Gasteiger partial charge in [0.25, 0.3) is 0 Å². The molecule has 0 aliphatic rings. The maximum Gasteiger partial charge on any atom is 0.357 e. The van der Waals surface area contributed by atoms with Crippen LogP contribution in [-0.2, 0) is 16.0 Å². The van der Waals surface area contributed by atoms with Crippen molar-refractivity contribution in [2.24, 2.45) is 0 Å². The van der Waals surface area contributed by atoms with E-state index in [1.165, 1.54) is 11.3 Å². The molecule has 7 heteroatoms. The van der Waals surface area contributed by atoms with Gasteiger partial charge >= 0.3 is 5.97 Å². The summed E-state index contributed by atoms with van der Waals surface area (Å²) in [4.78, 5) is 27.5. The number of nitrogens with zero attached hydrogens (tertiary/aromatic N) is 1. The molecule has 1 N–H and O–H groups in total. The van der Waals surface area contributed by atoms with E-state index in [2.05, 4.69) is 10.3 Å². The van der Waals surface area contributed by atoms with E-state index in [9.17, 15) is 9.59 Å². The highest BCUT2D eigenvalue weighted by Gasteiger charge is 2.13. The summed E-state index contributed by atoms with van der Waals surface area (Å²) < 4.78 is 9.91. The number of ether oxygens (including phenoxy) is 2. The average molecular weight is 320 g/mol. The second kappa shape index (κ2) is 7.56. The highest BCUT2D eigenvalue weighted by Crippen LogP contribution is 2.17. The lowest BCUT2D eigenvalue weighted by atomic mass is 10.1. The molecule has 116 valence electrons. The molecule has 0 aliphatic carbocycles. The Morgan fingerprint density at radius 1 is 1.27 bits per heavy atom. The first-order chi connectivity index (χ1) is 10.6. The maximum atomic E-state index is 11.9. The molecule has 0 radical (unpaired) electrons. The number of aromatic nitrogens is 1. The number of benzene rings is 1. The van der Waals surface area contributed by atoms with Crippen LogP contribution in [0.1, 0.15) is 23.0 Å². The van der Waals surface area contributed by atoms with E-state index in [1.54, 1.807) is 31.5 Å². The van der Waals surface area contributed by atoms with Crippen molar-refractivity contribution in [3.8, 4) is 5.75 Å². The molecule has 2 aromatic rings. The van der Waals surface area contributed by atoms with Crippen molar-refractivity contribution in [3.05, 3.63) is 40.9 Å². The number of carbonyl (C=O) groups excluding carboxylic acids is 2. The third-order valence-corrected chi connectivity index (χ3v) is 3.52. The summed E-state index contributed by atoms with van der Waals surface area (Å²) >= 11 is 1.18. The molecular formula is C15H16N2O4S. The average Bonchev–Trinajstić information content (AvgIpc) is 2.96. The number of carbonyl (C=O) groups is 2. The smallest absolute Gasteiger partial charge is 0.357 e. The summed E-state index contributed by atoms with van der Waals surface area (Å²) in [6, 6.07) is 7.24. The predicted molar refractivity (Wildman–Crippen MR) is 83.4 cm³/mol. The molecule has 2 rings (SSSR count). The van der Waals surface area contributed by atoms with Crippen molar-refractivity contribution in [3.63, 3.8) is 0 Å². The zero-order valence-corrected chi connectivity index (χ0v) is 13.1. The minimum atomic E-state index is -0.491. The summed E-state index contributed by atoms with van der Waals surface area (Å²) in [7, 11) is 1.59. The van der Waals surface area contributed by atoms with E-state index in [1.807, 2.05) is 12.1 Å². The van der Waals surface area contributed by atoms with Gasteiger partial charge in [-0.25, -0.2) is 9.78 Å². The van der Waals surface area contributed by atoms with Gasteiger partial charge in [-0.05, 0) is 24.6 Å². The van der Waals surface area contributed by atoms with Crippen LogP contribution < -0.4 is 10.1 Å². The Morgan fingerprint density at radius 2 is 2.00 bits per heavy atom. The SMILES string of the molecule is CCOC(=O)c1csc(NC(=O)Cc2ccc(OC)cc2)n1. The Bertz CT molecular complexity index is 652. The fraction of sp³-hybridized carbons (Fsp3) is 0.267. The number of hydrogen-bond acceptors (Lipinski definition) is 6. The monoisotopic (exact) mass is 320 g/mol. The van der Waals surface area contributed by atoms with Crippen LogP contribution in [0, 0.1) is 0 Å². The van der Waals surface area contributed by atoms with Crippen LogP contribution in [0.15, 0.2) is 29.6 Å². The quantitative estimate of drug-likeness (QED) is 0.828. The Kier molecular flexibility index (Phi) is 5.48. The van der Waals surface area contributed by atoms with Gasteiger partial charge < -0.3 is 14.8 Å². The first-order valence-corrected chi connectivity index (χ1v) is 7.55. The van der Waals surface area contributed by atoms with E-state index in [-0.39, 0.29) is 24.6 Å². The van der Waals surface area contributed by atoms with Gasteiger partial charge in [0.1, 0.15) is 5.75 Å². The van der Waals surface area contributed by atoms with Crippen molar-refractivity contribution in [2.45, 2.75) is 13.3 Å². The topological polar surface area (TPSA) is 77.5 Å². The molecule has 0 spiro atoms. The molecule has 0 aliphatic heterocycles. The summed E-state index contributed by atoms with van der Waals surface area (Å²) in [5.74, 6) is 0.0486. The van der Waals surface area contributed by atoms with Crippen LogP contribution in [0.2, 0.25) is 0 Å². The fourth-order valence-electron chi connectivity index (χ4n) is 1.72. The van der Waals surface area contributed by atoms with E-state index in [0.29, 0.717) is 5.13 Å². The van der Waals surface area contributed by atoms with Gasteiger partial charge in [0.05, 0.1) is 20.1 Å². The maximum absolute atomic E-state index is 11.9. The van der Waals surface area contributed by atoms with E-state index in [4.69, 9.17) is 9.47 Å². The molecule has 6 nitrogen and oxygen atoms in total. The second-order valence-electron chi connectivity index (χ2n) is 4.33. The normalized spacial score (nSPS) is 10.1. The van der Waals surface area contributed by atoms with E-state index < -0.39 is 5.97 Å². The zero-order valence-electron chi connectivity index (χ0n) is 12.3. The molecule has 1 heterocycles. The molecule has 22 heavy (non-hydrogen) atoms. The zero-order chi connectivity index (χ0) is 15.9. The summed E-state index contributed by atoms with van der Waals surface area (Å²) in [5, 5.41) is 4.60. The van der Waals surface area contributed by atoms with Crippen molar-refractivity contribution >= 4 is 28.3 Å². The number of nitrogens with one attached hydrogen (secondary N) is 1. The fourth-order valence-corrected chi connectivity index (χ4v) is 2.42. The number of thiazole rings is 1. The highest BCUT2D eigenvalue weighted by atomic mass is 32.1. The third-order valence-electron chi connectivity index (χ3n) is 2.76. The van der Waals surface area contributed by atoms with Crippen molar-refractivity contribution in [1.82, 2.24) is 4.98 Å². The number of methoxy groups -OCH3 is 1. The van der Waals surface area contributed by atoms with E-state index in [0.717, 1.165) is 11.3 Å². The molecule has 0 bridgehead atoms.